The van der Waals surface area contributed by atoms with Crippen LogP contribution in [0.4, 0.5) is 4.79 Å². The van der Waals surface area contributed by atoms with E-state index in [1.54, 1.807) is 20.8 Å². The van der Waals surface area contributed by atoms with E-state index in [0.29, 0.717) is 29.6 Å². The Labute approximate surface area is 357 Å². The zero-order chi connectivity index (χ0) is 43.8. The summed E-state index contributed by atoms with van der Waals surface area (Å²) in [5, 5.41) is 17.9. The molecule has 1 saturated carbocycles. The maximum absolute atomic E-state index is 16.0. The van der Waals surface area contributed by atoms with Gasteiger partial charge in [-0.15, -0.1) is 0 Å². The molecule has 0 amide bonds. The van der Waals surface area contributed by atoms with Gasteiger partial charge in [-0.25, -0.2) is 4.79 Å². The second-order valence-electron chi connectivity index (χ2n) is 19.3. The number of aromatic nitrogens is 1. The van der Waals surface area contributed by atoms with Crippen LogP contribution in [0.15, 0.2) is 95.0 Å². The Morgan fingerprint density at radius 2 is 1.57 bits per heavy atom. The minimum atomic E-state index is -2.97. The van der Waals surface area contributed by atoms with Gasteiger partial charge in [0.05, 0.1) is 11.6 Å². The maximum atomic E-state index is 16.0. The fourth-order valence-corrected chi connectivity index (χ4v) is 10.4. The molecule has 3 aliphatic rings. The Bertz CT molecular complexity index is 2580. The van der Waals surface area contributed by atoms with Gasteiger partial charge < -0.3 is 28.3 Å². The molecule has 8 rings (SSSR count). The van der Waals surface area contributed by atoms with Crippen molar-refractivity contribution in [2.24, 2.45) is 11.8 Å². The molecule has 5 aromatic rings. The van der Waals surface area contributed by atoms with Crippen molar-refractivity contribution in [2.75, 3.05) is 14.1 Å². The number of ketones is 2. The zero-order valence-electron chi connectivity index (χ0n) is 36.5. The molecule has 12 heteroatoms. The van der Waals surface area contributed by atoms with Crippen molar-refractivity contribution in [3.8, 4) is 22.8 Å². The van der Waals surface area contributed by atoms with Gasteiger partial charge in [0.2, 0.25) is 11.6 Å². The lowest BCUT2D eigenvalue weighted by Gasteiger charge is -2.55. The van der Waals surface area contributed by atoms with Crippen molar-refractivity contribution in [3.05, 3.63) is 119 Å². The average molecular weight is 843 g/mol. The predicted molar refractivity (Wildman–Crippen MR) is 235 cm³/mol. The summed E-state index contributed by atoms with van der Waals surface area (Å²) in [6.07, 6.45) is -0.349. The number of carbonyl (C=O) groups excluding carboxylic acids is 3. The minimum Gasteiger partial charge on any atom is -0.507 e. The molecule has 0 spiro atoms. The van der Waals surface area contributed by atoms with Crippen LogP contribution in [0, 0.1) is 11.8 Å². The second kappa shape index (κ2) is 15.1. The van der Waals surface area contributed by atoms with Gasteiger partial charge >= 0.3 is 6.16 Å². The number of benzene rings is 4. The average Bonchev–Trinajstić information content (AvgIpc) is 3.60. The quantitative estimate of drug-likeness (QED) is 0.0691. The topological polar surface area (TPSA) is 138 Å². The van der Waals surface area contributed by atoms with E-state index in [-0.39, 0.29) is 40.7 Å². The summed E-state index contributed by atoms with van der Waals surface area (Å²) in [6, 6.07) is 26.5. The highest BCUT2D eigenvalue weighted by molar-refractivity contribution is 6.74. The van der Waals surface area contributed by atoms with Crippen molar-refractivity contribution >= 4 is 42.6 Å². The Morgan fingerprint density at radius 3 is 2.21 bits per heavy atom. The molecule has 0 saturated heterocycles. The van der Waals surface area contributed by atoms with Crippen molar-refractivity contribution in [2.45, 2.75) is 96.4 Å². The first-order valence-electron chi connectivity index (χ1n) is 20.8. The van der Waals surface area contributed by atoms with Crippen LogP contribution in [0.25, 0.3) is 27.7 Å². The van der Waals surface area contributed by atoms with Crippen LogP contribution in [0.3, 0.4) is 0 Å². The van der Waals surface area contributed by atoms with Crippen molar-refractivity contribution in [1.29, 1.82) is 0 Å². The van der Waals surface area contributed by atoms with Crippen molar-refractivity contribution < 1.29 is 42.6 Å². The lowest BCUT2D eigenvalue weighted by Crippen LogP contribution is -2.68. The molecule has 1 heterocycles. The number of aliphatic hydroxyl groups is 1. The highest BCUT2D eigenvalue weighted by Crippen LogP contribution is 2.59. The minimum absolute atomic E-state index is 0.0248. The Morgan fingerprint density at radius 1 is 0.902 bits per heavy atom. The van der Waals surface area contributed by atoms with Crippen LogP contribution in [0.2, 0.25) is 18.1 Å². The monoisotopic (exact) mass is 842 g/mol. The summed E-state index contributed by atoms with van der Waals surface area (Å²) in [5.41, 5.74) is 0.716. The molecule has 1 N–H and O–H groups in total. The van der Waals surface area contributed by atoms with Gasteiger partial charge in [0, 0.05) is 16.9 Å². The third-order valence-electron chi connectivity index (χ3n) is 12.8. The third-order valence-corrected chi connectivity index (χ3v) is 17.2. The van der Waals surface area contributed by atoms with Crippen LogP contribution in [0.5, 0.6) is 11.6 Å². The molecule has 0 aliphatic heterocycles. The van der Waals surface area contributed by atoms with E-state index < -0.39 is 60.2 Å². The fraction of sp³-hybridized carbons (Fsp3) is 0.388. The van der Waals surface area contributed by atoms with E-state index in [2.05, 4.69) is 25.9 Å². The number of ether oxygens (including phenoxy) is 3. The first-order valence-corrected chi connectivity index (χ1v) is 23.7. The van der Waals surface area contributed by atoms with Gasteiger partial charge in [-0.2, -0.15) is 0 Å². The lowest BCUT2D eigenvalue weighted by atomic mass is 9.57. The first-order chi connectivity index (χ1) is 28.7. The van der Waals surface area contributed by atoms with Gasteiger partial charge in [-0.1, -0.05) is 99.6 Å². The fourth-order valence-electron chi connectivity index (χ4n) is 8.97. The van der Waals surface area contributed by atoms with Crippen molar-refractivity contribution in [3.63, 3.8) is 0 Å². The van der Waals surface area contributed by atoms with E-state index in [4.69, 9.17) is 23.2 Å². The normalized spacial score (nSPS) is 21.5. The number of hydrogen-bond donors (Lipinski definition) is 1. The first kappa shape index (κ1) is 42.1. The summed E-state index contributed by atoms with van der Waals surface area (Å²) in [6.45, 7) is 15.5. The standard InChI is InChI=1S/C49H54N2O9Si/c1-47(2,3)58-46(55)57-41-34-25-30(29-19-15-12-16-20-29)21-22-31(34)23-32-24-33-26-35-39(51(7)8)42-38(45(50-59-42)56-27-28-17-13-11-14-18-28)44(54)49(35,60-61(9,10)48(4,5)6)43(53)37(33)40(52)36(32)41/h11-23,25,33,35,39,52H,24,26-27H2,1-10H3/t33-,35-,39-,49-/m0/s1. The molecule has 0 unspecified atom stereocenters. The van der Waals surface area contributed by atoms with Gasteiger partial charge in [0.25, 0.3) is 5.88 Å². The van der Waals surface area contributed by atoms with Gasteiger partial charge in [0.15, 0.2) is 25.4 Å². The largest absolute Gasteiger partial charge is 0.514 e. The summed E-state index contributed by atoms with van der Waals surface area (Å²) in [5.74, 6) is -2.49. The Balaban J connectivity index is 1.34. The van der Waals surface area contributed by atoms with Crippen LogP contribution in [-0.4, -0.2) is 66.5 Å². The molecular weight excluding hydrogens is 789 g/mol. The summed E-state index contributed by atoms with van der Waals surface area (Å²) < 4.78 is 31.3. The number of fused-ring (bicyclic) bond motifs is 5. The van der Waals surface area contributed by atoms with Gasteiger partial charge in [-0.05, 0) is 111 Å². The maximum Gasteiger partial charge on any atom is 0.514 e. The highest BCUT2D eigenvalue weighted by Gasteiger charge is 2.69. The number of rotatable bonds is 8. The number of aliphatic hydroxyl groups excluding tert-OH is 1. The Kier molecular flexibility index (Phi) is 10.4. The molecule has 4 aromatic carbocycles. The van der Waals surface area contributed by atoms with Gasteiger partial charge in [0.1, 0.15) is 23.5 Å². The van der Waals surface area contributed by atoms with Crippen LogP contribution < -0.4 is 9.47 Å². The van der Waals surface area contributed by atoms with Crippen LogP contribution in [0.1, 0.15) is 86.8 Å². The predicted octanol–water partition coefficient (Wildman–Crippen LogP) is 10.7. The molecule has 318 valence electrons. The van der Waals surface area contributed by atoms with Crippen molar-refractivity contribution in [1.82, 2.24) is 10.1 Å². The lowest BCUT2D eigenvalue weighted by molar-refractivity contribution is -0.140. The Hall–Kier alpha value is -5.56. The molecule has 3 aliphatic carbocycles. The molecule has 1 aromatic heterocycles. The van der Waals surface area contributed by atoms with E-state index in [9.17, 15) is 9.90 Å². The summed E-state index contributed by atoms with van der Waals surface area (Å²) >= 11 is 0. The van der Waals surface area contributed by atoms with E-state index in [0.717, 1.165) is 22.1 Å². The molecule has 61 heavy (non-hydrogen) atoms. The second-order valence-corrected chi connectivity index (χ2v) is 24.0. The number of carbonyl (C=O) groups is 3. The smallest absolute Gasteiger partial charge is 0.507 e. The summed E-state index contributed by atoms with van der Waals surface area (Å²) in [7, 11) is 0.796. The SMILES string of the molecule is CN(C)[C@@H]1c2onc(OCc3ccccc3)c2C(=O)[C@@]2(O[Si](C)(C)C(C)(C)C)C(=O)C3=C(O)c4c(cc5ccc(-c6ccccc6)cc5c4OC(=O)OC(C)(C)C)C[C@H]3C[C@@H]12. The molecule has 11 nitrogen and oxygen atoms in total. The molecule has 1 fully saturated rings. The molecule has 0 radical (unpaired) electrons. The number of hydrogen-bond acceptors (Lipinski definition) is 11. The third kappa shape index (κ3) is 7.28. The molecule has 4 atom stereocenters. The van der Waals surface area contributed by atoms with E-state index >= 15 is 9.59 Å². The number of Topliss-reactive ketones (excluding diaryl/α,β-unsaturated/α-hetero) is 2. The number of nitrogens with zero attached hydrogens (tertiary/aromatic N) is 2. The molecule has 0 bridgehead atoms. The molecular formula is C49H54N2O9Si. The van der Waals surface area contributed by atoms with Crippen LogP contribution >= 0.6 is 0 Å². The van der Waals surface area contributed by atoms with E-state index in [1.165, 1.54) is 0 Å². The highest BCUT2D eigenvalue weighted by atomic mass is 28.4. The zero-order valence-corrected chi connectivity index (χ0v) is 37.5. The van der Waals surface area contributed by atoms with Crippen LogP contribution in [-0.2, 0) is 27.0 Å². The van der Waals surface area contributed by atoms with E-state index in [1.807, 2.05) is 117 Å². The summed E-state index contributed by atoms with van der Waals surface area (Å²) in [4.78, 5) is 47.1. The van der Waals surface area contributed by atoms with Gasteiger partial charge in [-0.3, -0.25) is 14.5 Å².